The third-order valence-corrected chi connectivity index (χ3v) is 2.76. The molecule has 9 heavy (non-hydrogen) atoms. The Hall–Kier alpha value is 0.180. The van der Waals surface area contributed by atoms with Crippen molar-refractivity contribution in [2.24, 2.45) is 0 Å². The topological polar surface area (TPSA) is 0 Å². The van der Waals surface area contributed by atoms with Gasteiger partial charge in [0.25, 0.3) is 0 Å². The Morgan fingerprint density at radius 2 is 2.00 bits per heavy atom. The minimum Gasteiger partial charge on any atom is -0.148 e. The van der Waals surface area contributed by atoms with Crippen LogP contribution in [0.4, 0.5) is 0 Å². The molecule has 0 spiro atoms. The molecule has 1 aromatic rings. The van der Waals surface area contributed by atoms with Crippen molar-refractivity contribution in [2.75, 3.05) is 0 Å². The van der Waals surface area contributed by atoms with E-state index in [1.54, 1.807) is 11.3 Å². The van der Waals surface area contributed by atoms with Crippen molar-refractivity contribution < 1.29 is 0 Å². The smallest absolute Gasteiger partial charge is 0.0311 e. The molecule has 2 heteroatoms. The Kier molecular flexibility index (Phi) is 5.10. The largest absolute Gasteiger partial charge is 0.148 e. The molecule has 0 fully saturated rings. The second-order valence-corrected chi connectivity index (χ2v) is 3.30. The van der Waals surface area contributed by atoms with Gasteiger partial charge in [-0.15, -0.1) is 11.3 Å². The van der Waals surface area contributed by atoms with Crippen LogP contribution in [0.1, 0.15) is 18.7 Å². The molecule has 0 aliphatic heterocycles. The first-order chi connectivity index (χ1) is 4.30. The summed E-state index contributed by atoms with van der Waals surface area (Å²) in [5.74, 6) is 0. The molecule has 0 N–H and O–H groups in total. The van der Waals surface area contributed by atoms with Crippen molar-refractivity contribution in [3.63, 3.8) is 0 Å². The lowest BCUT2D eigenvalue weighted by Crippen LogP contribution is -1.53. The fourth-order valence-corrected chi connectivity index (χ4v) is 1.55. The number of hydrogen-bond donors (Lipinski definition) is 0. The Labute approximate surface area is 69.0 Å². The first-order valence-electron chi connectivity index (χ1n) is 3.00. The zero-order valence-electron chi connectivity index (χ0n) is 5.94. The molecule has 0 saturated carbocycles. The van der Waals surface area contributed by atoms with E-state index in [9.17, 15) is 0 Å². The molecule has 0 aliphatic carbocycles. The SMILES string of the molecule is CC.Cc1sccc1Br. The van der Waals surface area contributed by atoms with E-state index in [-0.39, 0.29) is 0 Å². The minimum absolute atomic E-state index is 1.22. The number of aryl methyl sites for hydroxylation is 1. The van der Waals surface area contributed by atoms with Gasteiger partial charge in [-0.1, -0.05) is 13.8 Å². The van der Waals surface area contributed by atoms with E-state index in [0.717, 1.165) is 0 Å². The van der Waals surface area contributed by atoms with Crippen LogP contribution >= 0.6 is 27.3 Å². The third-order valence-electron chi connectivity index (χ3n) is 0.796. The standard InChI is InChI=1S/C5H5BrS.C2H6/c1-4-5(6)2-3-7-4;1-2/h2-3H,1H3;1-2H3. The maximum Gasteiger partial charge on any atom is 0.0311 e. The van der Waals surface area contributed by atoms with Gasteiger partial charge in [-0.3, -0.25) is 0 Å². The highest BCUT2D eigenvalue weighted by atomic mass is 79.9. The van der Waals surface area contributed by atoms with Gasteiger partial charge in [0.05, 0.1) is 0 Å². The molecule has 1 rings (SSSR count). The normalized spacial score (nSPS) is 8.00. The fraction of sp³-hybridized carbons (Fsp3) is 0.429. The molecule has 0 bridgehead atoms. The van der Waals surface area contributed by atoms with Crippen molar-refractivity contribution in [3.05, 3.63) is 20.8 Å². The van der Waals surface area contributed by atoms with Crippen LogP contribution in [-0.4, -0.2) is 0 Å². The number of halogens is 1. The molecule has 52 valence electrons. The molecule has 0 aromatic carbocycles. The van der Waals surface area contributed by atoms with E-state index in [4.69, 9.17) is 0 Å². The molecule has 1 heterocycles. The van der Waals surface area contributed by atoms with E-state index in [0.29, 0.717) is 0 Å². The quantitative estimate of drug-likeness (QED) is 0.606. The van der Waals surface area contributed by atoms with E-state index in [1.807, 2.05) is 13.8 Å². The summed E-state index contributed by atoms with van der Waals surface area (Å²) >= 11 is 5.13. The second-order valence-electron chi connectivity index (χ2n) is 1.32. The minimum atomic E-state index is 1.22. The van der Waals surface area contributed by atoms with Crippen LogP contribution in [0, 0.1) is 6.92 Å². The van der Waals surface area contributed by atoms with Gasteiger partial charge in [0, 0.05) is 9.35 Å². The molecular weight excluding hydrogens is 196 g/mol. The summed E-state index contributed by atoms with van der Waals surface area (Å²) in [7, 11) is 0. The van der Waals surface area contributed by atoms with Crippen molar-refractivity contribution in [1.82, 2.24) is 0 Å². The second kappa shape index (κ2) is 5.00. The van der Waals surface area contributed by atoms with Gasteiger partial charge >= 0.3 is 0 Å². The van der Waals surface area contributed by atoms with E-state index in [1.165, 1.54) is 9.35 Å². The number of hydrogen-bond acceptors (Lipinski definition) is 1. The van der Waals surface area contributed by atoms with Crippen LogP contribution in [0.5, 0.6) is 0 Å². The molecule has 0 saturated heterocycles. The lowest BCUT2D eigenvalue weighted by atomic mass is 10.5. The summed E-state index contributed by atoms with van der Waals surface area (Å²) in [5.41, 5.74) is 0. The summed E-state index contributed by atoms with van der Waals surface area (Å²) in [6, 6.07) is 2.06. The summed E-state index contributed by atoms with van der Waals surface area (Å²) in [6.07, 6.45) is 0. The van der Waals surface area contributed by atoms with Crippen LogP contribution in [-0.2, 0) is 0 Å². The molecule has 0 amide bonds. The first-order valence-corrected chi connectivity index (χ1v) is 4.67. The Morgan fingerprint density at radius 1 is 1.44 bits per heavy atom. The van der Waals surface area contributed by atoms with E-state index in [2.05, 4.69) is 34.3 Å². The Morgan fingerprint density at radius 3 is 2.11 bits per heavy atom. The highest BCUT2D eigenvalue weighted by Crippen LogP contribution is 2.20. The monoisotopic (exact) mass is 206 g/mol. The Balaban J connectivity index is 0.000000291. The molecule has 0 radical (unpaired) electrons. The highest BCUT2D eigenvalue weighted by molar-refractivity contribution is 9.10. The average Bonchev–Trinajstić information content (AvgIpc) is 2.23. The van der Waals surface area contributed by atoms with Crippen LogP contribution < -0.4 is 0 Å². The van der Waals surface area contributed by atoms with Crippen LogP contribution in [0.3, 0.4) is 0 Å². The summed E-state index contributed by atoms with van der Waals surface area (Å²) < 4.78 is 1.22. The average molecular weight is 207 g/mol. The third kappa shape index (κ3) is 3.01. The van der Waals surface area contributed by atoms with Crippen molar-refractivity contribution in [2.45, 2.75) is 20.8 Å². The zero-order chi connectivity index (χ0) is 7.28. The van der Waals surface area contributed by atoms with Gasteiger partial charge in [-0.05, 0) is 34.3 Å². The van der Waals surface area contributed by atoms with Crippen molar-refractivity contribution in [3.8, 4) is 0 Å². The lowest BCUT2D eigenvalue weighted by Gasteiger charge is -1.77. The van der Waals surface area contributed by atoms with Gasteiger partial charge < -0.3 is 0 Å². The van der Waals surface area contributed by atoms with Crippen LogP contribution in [0.15, 0.2) is 15.9 Å². The van der Waals surface area contributed by atoms with Crippen LogP contribution in [0.2, 0.25) is 0 Å². The summed E-state index contributed by atoms with van der Waals surface area (Å²) in [4.78, 5) is 1.35. The molecule has 1 aromatic heterocycles. The highest BCUT2D eigenvalue weighted by Gasteiger charge is 1.89. The molecule has 0 atom stereocenters. The van der Waals surface area contributed by atoms with Crippen molar-refractivity contribution >= 4 is 27.3 Å². The molecule has 0 unspecified atom stereocenters. The molecule has 0 nitrogen and oxygen atoms in total. The summed E-state index contributed by atoms with van der Waals surface area (Å²) in [5, 5.41) is 2.07. The predicted octanol–water partition coefficient (Wildman–Crippen LogP) is 3.85. The van der Waals surface area contributed by atoms with Gasteiger partial charge in [0.15, 0.2) is 0 Å². The molecule has 0 aliphatic rings. The fourth-order valence-electron chi connectivity index (χ4n) is 0.369. The van der Waals surface area contributed by atoms with E-state index < -0.39 is 0 Å². The first kappa shape index (κ1) is 9.18. The van der Waals surface area contributed by atoms with Crippen molar-refractivity contribution in [1.29, 1.82) is 0 Å². The zero-order valence-corrected chi connectivity index (χ0v) is 8.34. The Bertz CT molecular complexity index is 141. The summed E-state index contributed by atoms with van der Waals surface area (Å²) in [6.45, 7) is 6.09. The van der Waals surface area contributed by atoms with E-state index >= 15 is 0 Å². The van der Waals surface area contributed by atoms with Crippen LogP contribution in [0.25, 0.3) is 0 Å². The maximum absolute atomic E-state index is 3.38. The maximum atomic E-state index is 3.38. The van der Waals surface area contributed by atoms with Gasteiger partial charge in [-0.25, -0.2) is 0 Å². The number of thiophene rings is 1. The van der Waals surface area contributed by atoms with Gasteiger partial charge in [0.2, 0.25) is 0 Å². The lowest BCUT2D eigenvalue weighted by molar-refractivity contribution is 1.50. The van der Waals surface area contributed by atoms with Gasteiger partial charge in [-0.2, -0.15) is 0 Å². The predicted molar refractivity (Wildman–Crippen MR) is 48.1 cm³/mol. The van der Waals surface area contributed by atoms with Gasteiger partial charge in [0.1, 0.15) is 0 Å². The number of rotatable bonds is 0. The molecular formula is C7H11BrS.